The fourth-order valence-corrected chi connectivity index (χ4v) is 14.1. The van der Waals surface area contributed by atoms with Crippen molar-refractivity contribution < 1.29 is 97.8 Å². The molecule has 0 aromatic heterocycles. The molecule has 1 spiro atoms. The number of likely N-dealkylation sites (tertiary alicyclic amines) is 2. The molecule has 29 nitrogen and oxygen atoms in total. The first kappa shape index (κ1) is 127. The Hall–Kier alpha value is -5.21. The third kappa shape index (κ3) is 50.2. The van der Waals surface area contributed by atoms with E-state index in [-0.39, 0.29) is 144 Å². The monoisotopic (exact) mass is 1830 g/mol. The first-order valence-electron chi connectivity index (χ1n) is 47.1. The molecule has 6 heterocycles. The van der Waals surface area contributed by atoms with Crippen LogP contribution in [0.1, 0.15) is 280 Å². The quantitative estimate of drug-likeness (QED) is 0.0595. The van der Waals surface area contributed by atoms with Gasteiger partial charge in [0.15, 0.2) is 0 Å². The van der Waals surface area contributed by atoms with Crippen molar-refractivity contribution in [3.8, 4) is 0 Å². The summed E-state index contributed by atoms with van der Waals surface area (Å²) in [7, 11) is 12.3. The zero-order chi connectivity index (χ0) is 101. The van der Waals surface area contributed by atoms with E-state index in [0.29, 0.717) is 57.8 Å². The summed E-state index contributed by atoms with van der Waals surface area (Å²) < 4.78 is 21.0. The van der Waals surface area contributed by atoms with Gasteiger partial charge in [0.25, 0.3) is 0 Å². The first-order chi connectivity index (χ1) is 57.7. The summed E-state index contributed by atoms with van der Waals surface area (Å²) >= 11 is 0. The summed E-state index contributed by atoms with van der Waals surface area (Å²) in [5.41, 5.74) is -2.68. The van der Waals surface area contributed by atoms with Gasteiger partial charge < -0.3 is 98.8 Å². The van der Waals surface area contributed by atoms with Crippen LogP contribution in [0.3, 0.4) is 0 Å². The van der Waals surface area contributed by atoms with Crippen molar-refractivity contribution in [3.63, 3.8) is 0 Å². The van der Waals surface area contributed by atoms with Gasteiger partial charge >= 0.3 is 0 Å². The molecule has 6 saturated heterocycles. The number of aliphatic hydroxyl groups excluding tert-OH is 7. The molecule has 9 amide bonds. The van der Waals surface area contributed by atoms with E-state index >= 15 is 0 Å². The van der Waals surface area contributed by atoms with Crippen molar-refractivity contribution in [1.29, 1.82) is 0 Å². The smallest absolute Gasteiger partial charge is 0.228 e. The van der Waals surface area contributed by atoms with Gasteiger partial charge in [0, 0.05) is 210 Å². The van der Waals surface area contributed by atoms with Crippen LogP contribution in [0.15, 0.2) is 0 Å². The zero-order valence-electron chi connectivity index (χ0n) is 88.9. The van der Waals surface area contributed by atoms with Crippen molar-refractivity contribution in [2.75, 3.05) is 174 Å². The molecule has 756 valence electrons. The molecule has 2 unspecified atom stereocenters. The molecular formula is C99H195N9O20. The van der Waals surface area contributed by atoms with E-state index in [1.54, 1.807) is 81.5 Å². The Morgan fingerprint density at radius 2 is 0.508 bits per heavy atom. The molecule has 6 atom stereocenters. The second kappa shape index (κ2) is 56.2. The highest BCUT2D eigenvalue weighted by Gasteiger charge is 2.52. The standard InChI is InChI=1S/3C13H25NO3.3C11H23NO2.C10H17NO2.C9H19NO.C8H15NO2/c3*1-13(2,3)12(16)14(4)9-11(15)10-5-7-17-8-6-10;3*1-8(2)9(13)7-12(6)10(14)11(3,4)5;1-9(2,3)8(12)11-4-10(5-11)6-13-7-10;1-6-7-10(5)8(11)9(2,3)4;1-8(2,3)7(11)9-4-6(10)5-9/h3*10-11,15H,5-9H2,1-4H3;3*8-9,13H,7H2,1-6H3;4-7H2,1-3H3;6-7H2,1-5H3;6,10H,4-5H2,1-3H3/t2*11-;;2*9-;;;;/m10.10..../s1. The van der Waals surface area contributed by atoms with Gasteiger partial charge in [0.05, 0.1) is 61.4 Å². The van der Waals surface area contributed by atoms with Crippen LogP contribution in [-0.2, 0) is 62.1 Å². The lowest BCUT2D eigenvalue weighted by Gasteiger charge is -2.56. The second-order valence-corrected chi connectivity index (χ2v) is 47.1. The van der Waals surface area contributed by atoms with Gasteiger partial charge in [-0.3, -0.25) is 43.2 Å². The van der Waals surface area contributed by atoms with E-state index in [9.17, 15) is 73.8 Å². The lowest BCUT2D eigenvalue weighted by atomic mass is 9.76. The molecule has 0 bridgehead atoms. The molecule has 0 aromatic rings. The van der Waals surface area contributed by atoms with Gasteiger partial charge in [-0.1, -0.05) is 235 Å². The summed E-state index contributed by atoms with van der Waals surface area (Å²) in [6, 6.07) is 0. The number of β-amino-alcohol motifs (C(OH)–C–C–N with tert-alkyl or cyclic N) is 1. The normalized spacial score (nSPS) is 17.9. The molecule has 0 aromatic carbocycles. The summed E-state index contributed by atoms with van der Waals surface area (Å²) in [4.78, 5) is 121. The number of hydrogen-bond donors (Lipinski definition) is 7. The number of carbonyl (C=O) groups is 9. The molecule has 0 radical (unpaired) electrons. The Balaban J connectivity index is -0.00000138. The Morgan fingerprint density at radius 1 is 0.312 bits per heavy atom. The van der Waals surface area contributed by atoms with Crippen LogP contribution < -0.4 is 0 Å². The molecule has 7 N–H and O–H groups in total. The van der Waals surface area contributed by atoms with Crippen LogP contribution in [0.25, 0.3) is 0 Å². The summed E-state index contributed by atoms with van der Waals surface area (Å²) in [5, 5.41) is 68.1. The van der Waals surface area contributed by atoms with Crippen molar-refractivity contribution in [1.82, 2.24) is 44.1 Å². The van der Waals surface area contributed by atoms with Gasteiger partial charge in [-0.15, -0.1) is 0 Å². The van der Waals surface area contributed by atoms with Crippen LogP contribution in [0.2, 0.25) is 0 Å². The molecule has 6 aliphatic heterocycles. The van der Waals surface area contributed by atoms with Crippen LogP contribution in [0.4, 0.5) is 0 Å². The van der Waals surface area contributed by atoms with Gasteiger partial charge in [-0.25, -0.2) is 0 Å². The highest BCUT2D eigenvalue weighted by atomic mass is 16.5. The summed E-state index contributed by atoms with van der Waals surface area (Å²) in [5.74, 6) is 2.38. The fourth-order valence-electron chi connectivity index (χ4n) is 14.1. The van der Waals surface area contributed by atoms with Gasteiger partial charge in [0.1, 0.15) is 0 Å². The van der Waals surface area contributed by atoms with E-state index in [4.69, 9.17) is 24.1 Å². The van der Waals surface area contributed by atoms with Gasteiger partial charge in [-0.05, 0) is 80.5 Å². The molecule has 0 aliphatic carbocycles. The maximum Gasteiger partial charge on any atom is 0.228 e. The summed E-state index contributed by atoms with van der Waals surface area (Å²) in [6.45, 7) is 77.4. The molecule has 6 aliphatic rings. The topological polar surface area (TPSA) is 361 Å². The van der Waals surface area contributed by atoms with Crippen molar-refractivity contribution in [3.05, 3.63) is 0 Å². The maximum absolute atomic E-state index is 12.0. The van der Waals surface area contributed by atoms with E-state index in [2.05, 4.69) is 6.92 Å². The Bertz CT molecular complexity index is 2940. The number of nitrogens with zero attached hydrogens (tertiary/aromatic N) is 9. The largest absolute Gasteiger partial charge is 0.391 e. The lowest BCUT2D eigenvalue weighted by Crippen LogP contribution is -2.68. The molecule has 6 rings (SSSR count). The van der Waals surface area contributed by atoms with E-state index < -0.39 is 36.6 Å². The predicted octanol–water partition coefficient (Wildman–Crippen LogP) is 11.4. The van der Waals surface area contributed by atoms with Crippen molar-refractivity contribution in [2.45, 2.75) is 323 Å². The highest BCUT2D eigenvalue weighted by molar-refractivity contribution is 5.85. The van der Waals surface area contributed by atoms with Crippen LogP contribution in [0.5, 0.6) is 0 Å². The number of aliphatic hydroxyl groups is 7. The average Bonchev–Trinajstić information content (AvgIpc) is 0.747. The van der Waals surface area contributed by atoms with Gasteiger partial charge in [-0.2, -0.15) is 0 Å². The van der Waals surface area contributed by atoms with Crippen LogP contribution >= 0.6 is 0 Å². The second-order valence-electron chi connectivity index (χ2n) is 47.1. The summed E-state index contributed by atoms with van der Waals surface area (Å²) in [6.07, 6.45) is 3.44. The molecular weight excluding hydrogens is 1640 g/mol. The molecule has 0 saturated carbocycles. The Labute approximate surface area is 778 Å². The first-order valence-corrected chi connectivity index (χ1v) is 47.1. The molecule has 128 heavy (non-hydrogen) atoms. The maximum atomic E-state index is 12.0. The Morgan fingerprint density at radius 3 is 0.672 bits per heavy atom. The Kier molecular flexibility index (Phi) is 55.7. The van der Waals surface area contributed by atoms with E-state index in [1.807, 2.05) is 240 Å². The third-order valence-electron chi connectivity index (χ3n) is 22.6. The predicted molar refractivity (Wildman–Crippen MR) is 512 cm³/mol. The minimum Gasteiger partial charge on any atom is -0.391 e. The minimum absolute atomic E-state index is 0.0669. The van der Waals surface area contributed by atoms with Crippen molar-refractivity contribution in [2.24, 2.45) is 89.7 Å². The number of hydrogen-bond acceptors (Lipinski definition) is 20. The SMILES string of the molecule is CC(C)(C)C(=O)N1CC(O)C1.CC(C)(C)C(=O)N1CC2(COC2)C1.CC(C)C(O)CN(C)C(=O)C(C)(C)C.CC(C)[C@@H](O)CN(C)C(=O)C(C)(C)C.CC(C)[C@H](O)CN(C)C(=O)C(C)(C)C.CCCN(C)C(=O)C(C)(C)C.CN(CC(O)C1CCOCC1)C(=O)C(C)(C)C.CN(C[C@@H](O)C1CCOCC1)C(=O)C(C)(C)C.CN(C[C@H](O)C1CCOCC1)C(=O)C(C)(C)C. The highest BCUT2D eigenvalue weighted by Crippen LogP contribution is 2.40. The average molecular weight is 1830 g/mol. The third-order valence-corrected chi connectivity index (χ3v) is 22.6. The number of carbonyl (C=O) groups excluding carboxylic acids is 9. The number of amides is 9. The van der Waals surface area contributed by atoms with Crippen LogP contribution in [0, 0.1) is 89.7 Å². The minimum atomic E-state index is -0.439. The molecule has 6 fully saturated rings. The number of likely N-dealkylation sites (N-methyl/N-ethyl adjacent to an activating group) is 6. The lowest BCUT2D eigenvalue weighted by molar-refractivity contribution is -0.199. The van der Waals surface area contributed by atoms with E-state index in [1.165, 1.54) is 0 Å². The zero-order valence-corrected chi connectivity index (χ0v) is 88.9. The van der Waals surface area contributed by atoms with Crippen LogP contribution in [-0.4, -0.2) is 350 Å². The number of ether oxygens (including phenoxy) is 4. The molecule has 29 heteroatoms. The van der Waals surface area contributed by atoms with Gasteiger partial charge in [0.2, 0.25) is 53.2 Å². The van der Waals surface area contributed by atoms with E-state index in [0.717, 1.165) is 117 Å². The van der Waals surface area contributed by atoms with Crippen molar-refractivity contribution >= 4 is 53.2 Å². The fraction of sp³-hybridized carbons (Fsp3) is 0.909. The number of rotatable bonds is 20.